The molecular weight excluding hydrogens is 592 g/mol. The number of nitrogens with one attached hydrogen (secondary N) is 3. The van der Waals surface area contributed by atoms with Gasteiger partial charge in [-0.15, -0.1) is 11.8 Å². The molecule has 0 radical (unpaired) electrons. The number of benzene rings is 1. The minimum absolute atomic E-state index is 0.0410. The number of carboxylic acids is 1. The van der Waals surface area contributed by atoms with Gasteiger partial charge in [0.05, 0.1) is 0 Å². The minimum atomic E-state index is -2.24. The summed E-state index contributed by atoms with van der Waals surface area (Å²) in [6.07, 6.45) is 0. The van der Waals surface area contributed by atoms with Crippen LogP contribution < -0.4 is 16.1 Å². The predicted molar refractivity (Wildman–Crippen MR) is 144 cm³/mol. The van der Waals surface area contributed by atoms with Gasteiger partial charge in [-0.05, 0) is 24.6 Å². The molecule has 3 atom stereocenters. The molecule has 230 valence electrons. The number of amides is 6. The first-order valence-electron chi connectivity index (χ1n) is 12.8. The third-order valence-corrected chi connectivity index (χ3v) is 8.39. The Bertz CT molecular complexity index is 1420. The van der Waals surface area contributed by atoms with E-state index in [1.165, 1.54) is 29.2 Å². The number of rotatable bonds is 9. The summed E-state index contributed by atoms with van der Waals surface area (Å²) >= 11 is 0.960. The van der Waals surface area contributed by atoms with Crippen molar-refractivity contribution in [3.63, 3.8) is 0 Å². The van der Waals surface area contributed by atoms with E-state index in [1.54, 1.807) is 12.4 Å². The molecule has 2 fully saturated rings. The average molecular weight is 621 g/mol. The summed E-state index contributed by atoms with van der Waals surface area (Å²) in [5, 5.41) is 33.1. The van der Waals surface area contributed by atoms with Gasteiger partial charge in [0, 0.05) is 37.9 Å². The molecule has 17 nitrogen and oxygen atoms in total. The lowest BCUT2D eigenvalue weighted by atomic mass is 9.94. The number of piperazine rings is 1. The van der Waals surface area contributed by atoms with Crippen LogP contribution in [-0.4, -0.2) is 115 Å². The number of β-lactam (4-membered cyclic amide) rings is 1. The van der Waals surface area contributed by atoms with Crippen molar-refractivity contribution in [2.75, 3.05) is 32.0 Å². The number of esters is 1. The number of aromatic hydroxyl groups is 1. The van der Waals surface area contributed by atoms with Crippen LogP contribution in [0.4, 0.5) is 4.79 Å². The first-order valence-corrected chi connectivity index (χ1v) is 13.9. The van der Waals surface area contributed by atoms with E-state index in [9.17, 15) is 49.0 Å². The van der Waals surface area contributed by atoms with Gasteiger partial charge in [-0.25, -0.2) is 9.59 Å². The molecule has 3 heterocycles. The van der Waals surface area contributed by atoms with Crippen LogP contribution in [0.25, 0.3) is 0 Å². The number of fused-ring (bicyclic) bond motifs is 1. The standard InChI is InChI=1S/C25H28N6O11S/c1-3-29-8-9-30(20(36)19(29)35)24(40)26-16(13-4-6-15(33)7-5-13)18(34)27-25(28-41)22(39)31-17(21(37)38)14(10-42-12(2)32)11-43-23(25)31/h4-7,16,23,28,33,41H,3,8-11H2,1-2H3,(H,26,40)(H,27,34)(H,37,38)/t16?,23-,25+/m1/s1. The van der Waals surface area contributed by atoms with E-state index in [2.05, 4.69) is 10.6 Å². The zero-order valence-electron chi connectivity index (χ0n) is 22.9. The van der Waals surface area contributed by atoms with Crippen molar-refractivity contribution in [1.29, 1.82) is 0 Å². The molecule has 43 heavy (non-hydrogen) atoms. The molecule has 6 N–H and O–H groups in total. The first kappa shape index (κ1) is 31.3. The number of carboxylic acid groups (broad SMARTS) is 1. The number of aliphatic carboxylic acids is 1. The Morgan fingerprint density at radius 2 is 1.79 bits per heavy atom. The normalized spacial score (nSPS) is 22.4. The van der Waals surface area contributed by atoms with Crippen molar-refractivity contribution in [1.82, 2.24) is 30.8 Å². The predicted octanol–water partition coefficient (Wildman–Crippen LogP) is -1.56. The molecule has 1 aromatic carbocycles. The number of carbonyl (C=O) groups excluding carboxylic acids is 6. The number of phenols is 1. The zero-order chi connectivity index (χ0) is 31.6. The number of thioether (sulfide) groups is 1. The topological polar surface area (TPSA) is 235 Å². The zero-order valence-corrected chi connectivity index (χ0v) is 23.7. The summed E-state index contributed by atoms with van der Waals surface area (Å²) < 4.78 is 4.89. The Balaban J connectivity index is 1.60. The van der Waals surface area contributed by atoms with Crippen LogP contribution in [0, 0.1) is 0 Å². The van der Waals surface area contributed by atoms with E-state index in [0.29, 0.717) is 4.90 Å². The van der Waals surface area contributed by atoms with Gasteiger partial charge < -0.3 is 35.7 Å². The lowest BCUT2D eigenvalue weighted by Gasteiger charge is -2.56. The summed E-state index contributed by atoms with van der Waals surface area (Å²) in [4.78, 5) is 91.0. The van der Waals surface area contributed by atoms with E-state index < -0.39 is 71.0 Å². The van der Waals surface area contributed by atoms with Gasteiger partial charge in [-0.3, -0.25) is 33.8 Å². The van der Waals surface area contributed by atoms with Crippen molar-refractivity contribution in [3.8, 4) is 5.75 Å². The van der Waals surface area contributed by atoms with Crippen LogP contribution in [0.2, 0.25) is 0 Å². The molecule has 0 bridgehead atoms. The fraction of sp³-hybridized carbons (Fsp3) is 0.400. The molecule has 3 aliphatic rings. The van der Waals surface area contributed by atoms with Crippen molar-refractivity contribution in [2.45, 2.75) is 30.9 Å². The van der Waals surface area contributed by atoms with Gasteiger partial charge >= 0.3 is 29.8 Å². The number of ether oxygens (including phenoxy) is 1. The van der Waals surface area contributed by atoms with Crippen LogP contribution in [0.5, 0.6) is 5.75 Å². The van der Waals surface area contributed by atoms with Gasteiger partial charge in [-0.1, -0.05) is 12.1 Å². The molecule has 18 heteroatoms. The SMILES string of the molecule is CCN1CCN(C(=O)NC(C(=O)N[C@]2(NO)C(=O)N3C(C(=O)O)=C(COC(C)=O)CS[C@@H]32)c2ccc(O)cc2)C(=O)C1=O. The first-order chi connectivity index (χ1) is 20.4. The van der Waals surface area contributed by atoms with E-state index >= 15 is 0 Å². The van der Waals surface area contributed by atoms with Gasteiger partial charge in [-0.2, -0.15) is 5.48 Å². The number of urea groups is 1. The molecule has 0 aromatic heterocycles. The number of hydrogen-bond acceptors (Lipinski definition) is 12. The Morgan fingerprint density at radius 3 is 2.37 bits per heavy atom. The van der Waals surface area contributed by atoms with Gasteiger partial charge in [0.15, 0.2) is 0 Å². The number of hydrogen-bond donors (Lipinski definition) is 6. The summed E-state index contributed by atoms with van der Waals surface area (Å²) in [5.41, 5.74) is -0.745. The van der Waals surface area contributed by atoms with E-state index in [1.807, 2.05) is 0 Å². The summed E-state index contributed by atoms with van der Waals surface area (Å²) in [7, 11) is 0. The van der Waals surface area contributed by atoms with E-state index in [4.69, 9.17) is 4.74 Å². The number of carbonyl (C=O) groups is 7. The van der Waals surface area contributed by atoms with Crippen LogP contribution in [-0.2, 0) is 33.5 Å². The number of imide groups is 1. The highest BCUT2D eigenvalue weighted by atomic mass is 32.2. The van der Waals surface area contributed by atoms with Crippen molar-refractivity contribution in [2.24, 2.45) is 0 Å². The number of likely N-dealkylation sites (N-methyl/N-ethyl adjacent to an activating group) is 1. The molecule has 0 saturated carbocycles. The van der Waals surface area contributed by atoms with E-state index in [-0.39, 0.29) is 42.3 Å². The Morgan fingerprint density at radius 1 is 1.12 bits per heavy atom. The molecular formula is C25H28N6O11S. The highest BCUT2D eigenvalue weighted by molar-refractivity contribution is 8.00. The van der Waals surface area contributed by atoms with Gasteiger partial charge in [0.1, 0.15) is 29.5 Å². The third kappa shape index (κ3) is 5.71. The average Bonchev–Trinajstić information content (AvgIpc) is 2.98. The second-order valence-electron chi connectivity index (χ2n) is 9.60. The second kappa shape index (κ2) is 12.3. The molecule has 0 aliphatic carbocycles. The number of hydroxylamine groups is 1. The highest BCUT2D eigenvalue weighted by Crippen LogP contribution is 2.45. The van der Waals surface area contributed by atoms with Gasteiger partial charge in [0.25, 0.3) is 5.91 Å². The maximum absolute atomic E-state index is 13.7. The van der Waals surface area contributed by atoms with Crippen LogP contribution >= 0.6 is 11.8 Å². The monoisotopic (exact) mass is 620 g/mol. The quantitative estimate of drug-likeness (QED) is 0.0603. The largest absolute Gasteiger partial charge is 0.508 e. The minimum Gasteiger partial charge on any atom is -0.508 e. The van der Waals surface area contributed by atoms with E-state index in [0.717, 1.165) is 23.6 Å². The van der Waals surface area contributed by atoms with Crippen LogP contribution in [0.1, 0.15) is 25.5 Å². The maximum Gasteiger partial charge on any atom is 0.352 e. The van der Waals surface area contributed by atoms with Crippen molar-refractivity contribution < 1.29 is 53.7 Å². The fourth-order valence-corrected chi connectivity index (χ4v) is 6.16. The second-order valence-corrected chi connectivity index (χ2v) is 10.7. The fourth-order valence-electron chi connectivity index (χ4n) is 4.77. The lowest BCUT2D eigenvalue weighted by Crippen LogP contribution is -2.85. The Kier molecular flexibility index (Phi) is 8.93. The molecule has 1 unspecified atom stereocenters. The number of nitrogens with zero attached hydrogens (tertiary/aromatic N) is 3. The molecule has 2 saturated heterocycles. The molecule has 6 amide bonds. The summed E-state index contributed by atoms with van der Waals surface area (Å²) in [5.74, 6) is -6.51. The maximum atomic E-state index is 13.7. The molecule has 1 aromatic rings. The highest BCUT2D eigenvalue weighted by Gasteiger charge is 2.66. The molecule has 0 spiro atoms. The van der Waals surface area contributed by atoms with Crippen molar-refractivity contribution in [3.05, 3.63) is 41.1 Å². The Labute approximate surface area is 247 Å². The summed E-state index contributed by atoms with van der Waals surface area (Å²) in [6, 6.07) is 2.31. The Hall–Kier alpha value is -4.68. The van der Waals surface area contributed by atoms with Crippen LogP contribution in [0.15, 0.2) is 35.5 Å². The number of phenolic OH excluding ortho intramolecular Hbond substituents is 1. The molecule has 3 aliphatic heterocycles. The van der Waals surface area contributed by atoms with Crippen LogP contribution in [0.3, 0.4) is 0 Å². The lowest BCUT2D eigenvalue weighted by molar-refractivity contribution is -0.171. The van der Waals surface area contributed by atoms with Gasteiger partial charge in [0.2, 0.25) is 11.6 Å². The third-order valence-electron chi connectivity index (χ3n) is 6.99. The van der Waals surface area contributed by atoms with Crippen molar-refractivity contribution >= 4 is 53.4 Å². The molecule has 4 rings (SSSR count). The smallest absolute Gasteiger partial charge is 0.352 e. The summed E-state index contributed by atoms with van der Waals surface area (Å²) in [6.45, 7) is 2.58.